The van der Waals surface area contributed by atoms with Gasteiger partial charge in [-0.05, 0) is 12.1 Å². The van der Waals surface area contributed by atoms with E-state index in [1.54, 1.807) is 12.1 Å². The molecule has 0 aliphatic heterocycles. The molecule has 2 heterocycles. The number of alkyl halides is 1. The van der Waals surface area contributed by atoms with Crippen LogP contribution in [0.5, 0.6) is 5.75 Å². The van der Waals surface area contributed by atoms with Crippen LogP contribution in [0, 0.1) is 0 Å². The SMILES string of the molecule is C=CCn1c(=O)c(OC(=O)O)c(NC(=O)CCl)c2cccnc21. The van der Waals surface area contributed by atoms with E-state index in [4.69, 9.17) is 16.7 Å². The number of hydrogen-bond donors (Lipinski definition) is 2. The summed E-state index contributed by atoms with van der Waals surface area (Å²) in [5.74, 6) is -1.52. The molecular formula is C14H12ClN3O5. The molecule has 23 heavy (non-hydrogen) atoms. The molecule has 0 spiro atoms. The van der Waals surface area contributed by atoms with Crippen molar-refractivity contribution in [3.05, 3.63) is 41.3 Å². The second-order valence-corrected chi connectivity index (χ2v) is 4.60. The van der Waals surface area contributed by atoms with Gasteiger partial charge in [0, 0.05) is 18.1 Å². The number of fused-ring (bicyclic) bond motifs is 1. The molecule has 8 nitrogen and oxygen atoms in total. The lowest BCUT2D eigenvalue weighted by atomic mass is 10.2. The van der Waals surface area contributed by atoms with Gasteiger partial charge in [-0.3, -0.25) is 14.2 Å². The zero-order valence-electron chi connectivity index (χ0n) is 11.8. The number of amides is 1. The van der Waals surface area contributed by atoms with Gasteiger partial charge in [-0.2, -0.15) is 0 Å². The molecule has 0 aliphatic carbocycles. The quantitative estimate of drug-likeness (QED) is 0.489. The number of halogens is 1. The van der Waals surface area contributed by atoms with E-state index in [1.165, 1.54) is 16.8 Å². The Kier molecular flexibility index (Phi) is 4.97. The number of hydrogen-bond acceptors (Lipinski definition) is 5. The Morgan fingerprint density at radius 3 is 2.87 bits per heavy atom. The smallest absolute Gasteiger partial charge is 0.449 e. The standard InChI is InChI=1S/C14H12ClN3O5/c1-2-6-18-12-8(4-3-5-16-12)10(17-9(19)7-15)11(13(18)20)23-14(21)22/h2-5H,1,6-7H2,(H,17,19)(H,21,22). The van der Waals surface area contributed by atoms with Crippen molar-refractivity contribution in [1.82, 2.24) is 9.55 Å². The van der Waals surface area contributed by atoms with Crippen molar-refractivity contribution in [3.63, 3.8) is 0 Å². The van der Waals surface area contributed by atoms with Crippen LogP contribution in [0.2, 0.25) is 0 Å². The second-order valence-electron chi connectivity index (χ2n) is 4.33. The number of carbonyl (C=O) groups is 2. The number of carboxylic acid groups (broad SMARTS) is 1. The van der Waals surface area contributed by atoms with Gasteiger partial charge in [-0.25, -0.2) is 9.78 Å². The third kappa shape index (κ3) is 3.32. The summed E-state index contributed by atoms with van der Waals surface area (Å²) in [5, 5.41) is 11.6. The monoisotopic (exact) mass is 337 g/mol. The van der Waals surface area contributed by atoms with E-state index in [1.807, 2.05) is 0 Å². The highest BCUT2D eigenvalue weighted by atomic mass is 35.5. The number of allylic oxidation sites excluding steroid dienone is 1. The topological polar surface area (TPSA) is 111 Å². The lowest BCUT2D eigenvalue weighted by Crippen LogP contribution is -2.27. The van der Waals surface area contributed by atoms with Crippen molar-refractivity contribution in [2.75, 3.05) is 11.2 Å². The van der Waals surface area contributed by atoms with Crippen LogP contribution in [0.15, 0.2) is 35.8 Å². The molecule has 1 amide bonds. The Morgan fingerprint density at radius 1 is 1.52 bits per heavy atom. The van der Waals surface area contributed by atoms with Gasteiger partial charge in [0.2, 0.25) is 11.7 Å². The van der Waals surface area contributed by atoms with Gasteiger partial charge in [0.1, 0.15) is 17.2 Å². The summed E-state index contributed by atoms with van der Waals surface area (Å²) in [4.78, 5) is 39.1. The van der Waals surface area contributed by atoms with Gasteiger partial charge < -0.3 is 15.2 Å². The van der Waals surface area contributed by atoms with Crippen LogP contribution in [0.1, 0.15) is 0 Å². The number of nitrogens with one attached hydrogen (secondary N) is 1. The molecule has 0 bridgehead atoms. The van der Waals surface area contributed by atoms with E-state index in [0.29, 0.717) is 5.39 Å². The second kappa shape index (κ2) is 6.93. The lowest BCUT2D eigenvalue weighted by Gasteiger charge is -2.15. The fraction of sp³-hybridized carbons (Fsp3) is 0.143. The van der Waals surface area contributed by atoms with Crippen LogP contribution in [0.25, 0.3) is 11.0 Å². The Labute approximate surface area is 135 Å². The van der Waals surface area contributed by atoms with Crippen molar-refractivity contribution in [2.24, 2.45) is 0 Å². The van der Waals surface area contributed by atoms with Crippen LogP contribution in [-0.4, -0.2) is 32.6 Å². The lowest BCUT2D eigenvalue weighted by molar-refractivity contribution is -0.113. The Bertz CT molecular complexity index is 846. The molecule has 0 aliphatic rings. The molecule has 9 heteroatoms. The normalized spacial score (nSPS) is 10.3. The number of anilines is 1. The maximum atomic E-state index is 12.5. The summed E-state index contributed by atoms with van der Waals surface area (Å²) in [6.07, 6.45) is 1.24. The molecule has 2 rings (SSSR count). The molecule has 2 aromatic rings. The highest BCUT2D eigenvalue weighted by Gasteiger charge is 2.22. The first-order valence-corrected chi connectivity index (χ1v) is 6.92. The third-order valence-corrected chi connectivity index (χ3v) is 3.11. The molecule has 0 saturated heterocycles. The molecule has 0 radical (unpaired) electrons. The van der Waals surface area contributed by atoms with Gasteiger partial charge in [0.25, 0.3) is 5.56 Å². The highest BCUT2D eigenvalue weighted by Crippen LogP contribution is 2.29. The van der Waals surface area contributed by atoms with E-state index in [2.05, 4.69) is 21.6 Å². The fourth-order valence-corrected chi connectivity index (χ4v) is 2.10. The van der Waals surface area contributed by atoms with E-state index in [0.717, 1.165) is 0 Å². The summed E-state index contributed by atoms with van der Waals surface area (Å²) in [5.41, 5.74) is -0.602. The van der Waals surface area contributed by atoms with Crippen LogP contribution in [-0.2, 0) is 11.3 Å². The molecule has 2 aromatic heterocycles. The fourth-order valence-electron chi connectivity index (χ4n) is 2.03. The Hall–Kier alpha value is -2.87. The maximum Gasteiger partial charge on any atom is 0.511 e. The van der Waals surface area contributed by atoms with Crippen LogP contribution < -0.4 is 15.6 Å². The first-order valence-electron chi connectivity index (χ1n) is 6.38. The minimum absolute atomic E-state index is 0.0893. The summed E-state index contributed by atoms with van der Waals surface area (Å²) in [7, 11) is 0. The summed E-state index contributed by atoms with van der Waals surface area (Å²) in [6.45, 7) is 3.64. The first-order chi connectivity index (χ1) is 11.0. The van der Waals surface area contributed by atoms with Crippen molar-refractivity contribution in [3.8, 4) is 5.75 Å². The summed E-state index contributed by atoms with van der Waals surface area (Å²) < 4.78 is 5.77. The summed E-state index contributed by atoms with van der Waals surface area (Å²) >= 11 is 5.45. The predicted molar refractivity (Wildman–Crippen MR) is 84.2 cm³/mol. The zero-order chi connectivity index (χ0) is 17.0. The van der Waals surface area contributed by atoms with Gasteiger partial charge in [0.15, 0.2) is 0 Å². The number of carbonyl (C=O) groups excluding carboxylic acids is 1. The van der Waals surface area contributed by atoms with Gasteiger partial charge >= 0.3 is 6.16 Å². The molecule has 0 unspecified atom stereocenters. The maximum absolute atomic E-state index is 12.5. The average Bonchev–Trinajstić information content (AvgIpc) is 2.54. The van der Waals surface area contributed by atoms with Gasteiger partial charge in [-0.1, -0.05) is 6.08 Å². The molecule has 120 valence electrons. The number of aromatic nitrogens is 2. The van der Waals surface area contributed by atoms with Crippen LogP contribution in [0.3, 0.4) is 0 Å². The summed E-state index contributed by atoms with van der Waals surface area (Å²) in [6, 6.07) is 3.14. The van der Waals surface area contributed by atoms with Gasteiger partial charge in [-0.15, -0.1) is 18.2 Å². The van der Waals surface area contributed by atoms with Crippen molar-refractivity contribution in [1.29, 1.82) is 0 Å². The average molecular weight is 338 g/mol. The molecular weight excluding hydrogens is 326 g/mol. The number of rotatable bonds is 5. The van der Waals surface area contributed by atoms with E-state index >= 15 is 0 Å². The third-order valence-electron chi connectivity index (χ3n) is 2.86. The number of ether oxygens (including phenoxy) is 1. The van der Waals surface area contributed by atoms with Crippen LogP contribution in [0.4, 0.5) is 10.5 Å². The molecule has 0 fully saturated rings. The number of nitrogens with zero attached hydrogens (tertiary/aromatic N) is 2. The predicted octanol–water partition coefficient (Wildman–Crippen LogP) is 1.82. The Morgan fingerprint density at radius 2 is 2.26 bits per heavy atom. The number of pyridine rings is 2. The first kappa shape index (κ1) is 16.5. The highest BCUT2D eigenvalue weighted by molar-refractivity contribution is 6.29. The van der Waals surface area contributed by atoms with Crippen LogP contribution >= 0.6 is 11.6 Å². The van der Waals surface area contributed by atoms with E-state index in [9.17, 15) is 14.4 Å². The van der Waals surface area contributed by atoms with Gasteiger partial charge in [0.05, 0.1) is 0 Å². The van der Waals surface area contributed by atoms with Crippen molar-refractivity contribution in [2.45, 2.75) is 6.54 Å². The van der Waals surface area contributed by atoms with E-state index < -0.39 is 23.4 Å². The zero-order valence-corrected chi connectivity index (χ0v) is 12.5. The Balaban J connectivity index is 2.85. The largest absolute Gasteiger partial charge is 0.511 e. The molecule has 2 N–H and O–H groups in total. The molecule has 0 aromatic carbocycles. The van der Waals surface area contributed by atoms with Crippen molar-refractivity contribution < 1.29 is 19.4 Å². The van der Waals surface area contributed by atoms with Crippen molar-refractivity contribution >= 4 is 40.4 Å². The molecule has 0 atom stereocenters. The minimum Gasteiger partial charge on any atom is -0.449 e. The van der Waals surface area contributed by atoms with E-state index in [-0.39, 0.29) is 23.8 Å². The molecule has 0 saturated carbocycles. The minimum atomic E-state index is -1.68.